The van der Waals surface area contributed by atoms with Crippen molar-refractivity contribution >= 4 is 22.9 Å². The van der Waals surface area contributed by atoms with Crippen molar-refractivity contribution in [2.75, 3.05) is 7.11 Å². The molecule has 0 atom stereocenters. The minimum Gasteiger partial charge on any atom is -0.487 e. The van der Waals surface area contributed by atoms with Gasteiger partial charge in [-0.05, 0) is 11.6 Å². The molecule has 3 heteroatoms. The number of methoxy groups -OCH3 is 1. The third kappa shape index (κ3) is 1.76. The van der Waals surface area contributed by atoms with Crippen LogP contribution in [0.5, 0.6) is 5.06 Å². The number of ether oxygens (including phenoxy) is 1. The van der Waals surface area contributed by atoms with E-state index in [2.05, 4.69) is 0 Å². The number of rotatable bonds is 2. The highest BCUT2D eigenvalue weighted by Crippen LogP contribution is 2.40. The summed E-state index contributed by atoms with van der Waals surface area (Å²) in [7, 11) is 1.66. The van der Waals surface area contributed by atoms with Crippen LogP contribution in [0.3, 0.4) is 0 Å². The van der Waals surface area contributed by atoms with Crippen LogP contribution in [0.1, 0.15) is 0 Å². The molecule has 0 amide bonds. The summed E-state index contributed by atoms with van der Waals surface area (Å²) in [6, 6.07) is 12.0. The maximum absolute atomic E-state index is 5.93. The Morgan fingerprint density at radius 2 is 1.93 bits per heavy atom. The van der Waals surface area contributed by atoms with Crippen LogP contribution in [0, 0.1) is 0 Å². The first-order valence-electron chi connectivity index (χ1n) is 4.20. The normalized spacial score (nSPS) is 10.1. The second-order valence-electron chi connectivity index (χ2n) is 2.82. The van der Waals surface area contributed by atoms with E-state index in [4.69, 9.17) is 16.3 Å². The Balaban J connectivity index is 2.51. The second-order valence-corrected chi connectivity index (χ2v) is 4.47. The standard InChI is InChI=1S/C11H9ClOS/c1-13-11-9(7-10(12)14-11)8-5-3-2-4-6-8/h2-7H,1H3. The number of halogens is 1. The van der Waals surface area contributed by atoms with E-state index in [-0.39, 0.29) is 0 Å². The van der Waals surface area contributed by atoms with E-state index in [1.54, 1.807) is 7.11 Å². The Labute approximate surface area is 91.9 Å². The summed E-state index contributed by atoms with van der Waals surface area (Å²) in [5.74, 6) is 0. The summed E-state index contributed by atoms with van der Waals surface area (Å²) < 4.78 is 6.01. The van der Waals surface area contributed by atoms with Crippen LogP contribution in [-0.2, 0) is 0 Å². The Bertz CT molecular complexity index is 422. The first-order valence-corrected chi connectivity index (χ1v) is 5.39. The third-order valence-electron chi connectivity index (χ3n) is 1.94. The number of hydrogen-bond donors (Lipinski definition) is 0. The van der Waals surface area contributed by atoms with Crippen LogP contribution in [0.25, 0.3) is 11.1 Å². The molecule has 0 unspecified atom stereocenters. The van der Waals surface area contributed by atoms with Crippen molar-refractivity contribution in [1.82, 2.24) is 0 Å². The maximum atomic E-state index is 5.93. The molecule has 1 aromatic heterocycles. The zero-order valence-electron chi connectivity index (χ0n) is 7.66. The van der Waals surface area contributed by atoms with Gasteiger partial charge in [-0.3, -0.25) is 0 Å². The van der Waals surface area contributed by atoms with Gasteiger partial charge in [-0.25, -0.2) is 0 Å². The van der Waals surface area contributed by atoms with Gasteiger partial charge in [-0.15, -0.1) is 0 Å². The predicted octanol–water partition coefficient (Wildman–Crippen LogP) is 4.08. The molecule has 0 aliphatic rings. The Morgan fingerprint density at radius 1 is 1.21 bits per heavy atom. The minimum absolute atomic E-state index is 0.751. The molecule has 2 aromatic rings. The number of benzene rings is 1. The molecule has 1 nitrogen and oxygen atoms in total. The molecule has 1 aromatic carbocycles. The molecular weight excluding hydrogens is 216 g/mol. The highest BCUT2D eigenvalue weighted by molar-refractivity contribution is 7.18. The van der Waals surface area contributed by atoms with Gasteiger partial charge in [0.2, 0.25) is 0 Å². The van der Waals surface area contributed by atoms with Crippen LogP contribution in [0.15, 0.2) is 36.4 Å². The smallest absolute Gasteiger partial charge is 0.182 e. The van der Waals surface area contributed by atoms with Crippen LogP contribution >= 0.6 is 22.9 Å². The number of thiophene rings is 1. The highest BCUT2D eigenvalue weighted by atomic mass is 35.5. The molecule has 0 bridgehead atoms. The lowest BCUT2D eigenvalue weighted by Crippen LogP contribution is -1.81. The fourth-order valence-electron chi connectivity index (χ4n) is 1.32. The summed E-state index contributed by atoms with van der Waals surface area (Å²) in [6.07, 6.45) is 0. The van der Waals surface area contributed by atoms with Crippen LogP contribution in [0.4, 0.5) is 0 Å². The van der Waals surface area contributed by atoms with Crippen molar-refractivity contribution in [3.05, 3.63) is 40.7 Å². The van der Waals surface area contributed by atoms with Crippen molar-refractivity contribution in [1.29, 1.82) is 0 Å². The summed E-state index contributed by atoms with van der Waals surface area (Å²) >= 11 is 7.39. The van der Waals surface area contributed by atoms with Gasteiger partial charge in [-0.2, -0.15) is 0 Å². The fourth-order valence-corrected chi connectivity index (χ4v) is 2.36. The summed E-state index contributed by atoms with van der Waals surface area (Å²) in [4.78, 5) is 0. The van der Waals surface area contributed by atoms with Crippen molar-refractivity contribution < 1.29 is 4.74 Å². The summed E-state index contributed by atoms with van der Waals surface area (Å²) in [5, 5.41) is 0.862. The van der Waals surface area contributed by atoms with E-state index in [0.29, 0.717) is 0 Å². The van der Waals surface area contributed by atoms with E-state index in [0.717, 1.165) is 20.5 Å². The molecule has 0 aliphatic carbocycles. The average molecular weight is 225 g/mol. The van der Waals surface area contributed by atoms with E-state index in [1.165, 1.54) is 11.3 Å². The molecule has 72 valence electrons. The first-order chi connectivity index (χ1) is 6.81. The number of hydrogen-bond acceptors (Lipinski definition) is 2. The molecule has 14 heavy (non-hydrogen) atoms. The third-order valence-corrected chi connectivity index (χ3v) is 3.16. The quantitative estimate of drug-likeness (QED) is 0.747. The van der Waals surface area contributed by atoms with Crippen molar-refractivity contribution in [2.45, 2.75) is 0 Å². The van der Waals surface area contributed by atoms with Gasteiger partial charge >= 0.3 is 0 Å². The molecule has 0 N–H and O–H groups in total. The Hall–Kier alpha value is -0.990. The summed E-state index contributed by atoms with van der Waals surface area (Å²) in [6.45, 7) is 0. The van der Waals surface area contributed by atoms with Gasteiger partial charge in [0.25, 0.3) is 0 Å². The van der Waals surface area contributed by atoms with Gasteiger partial charge in [0, 0.05) is 5.56 Å². The lowest BCUT2D eigenvalue weighted by molar-refractivity contribution is 0.428. The molecule has 0 radical (unpaired) electrons. The lowest BCUT2D eigenvalue weighted by Gasteiger charge is -2.00. The average Bonchev–Trinajstić information content (AvgIpc) is 2.61. The lowest BCUT2D eigenvalue weighted by atomic mass is 10.1. The van der Waals surface area contributed by atoms with Crippen molar-refractivity contribution in [3.63, 3.8) is 0 Å². The predicted molar refractivity (Wildman–Crippen MR) is 61.3 cm³/mol. The zero-order chi connectivity index (χ0) is 9.97. The minimum atomic E-state index is 0.751. The molecule has 0 fully saturated rings. The first kappa shape index (κ1) is 9.56. The van der Waals surface area contributed by atoms with E-state index in [1.807, 2.05) is 36.4 Å². The van der Waals surface area contributed by atoms with Gasteiger partial charge in [0.15, 0.2) is 5.06 Å². The van der Waals surface area contributed by atoms with Crippen LogP contribution < -0.4 is 4.74 Å². The van der Waals surface area contributed by atoms with Crippen LogP contribution in [-0.4, -0.2) is 7.11 Å². The van der Waals surface area contributed by atoms with Gasteiger partial charge in [-0.1, -0.05) is 53.3 Å². The molecule has 0 spiro atoms. The molecule has 0 saturated heterocycles. The SMILES string of the molecule is COc1sc(Cl)cc1-c1ccccc1. The Morgan fingerprint density at radius 3 is 2.57 bits per heavy atom. The summed E-state index contributed by atoms with van der Waals surface area (Å²) in [5.41, 5.74) is 2.19. The molecule has 2 rings (SSSR count). The molecular formula is C11H9ClOS. The fraction of sp³-hybridized carbons (Fsp3) is 0.0909. The molecule has 0 saturated carbocycles. The monoisotopic (exact) mass is 224 g/mol. The Kier molecular flexibility index (Phi) is 2.75. The van der Waals surface area contributed by atoms with E-state index in [9.17, 15) is 0 Å². The highest BCUT2D eigenvalue weighted by Gasteiger charge is 2.09. The van der Waals surface area contributed by atoms with Crippen molar-refractivity contribution in [3.8, 4) is 16.2 Å². The zero-order valence-corrected chi connectivity index (χ0v) is 9.23. The van der Waals surface area contributed by atoms with Gasteiger partial charge < -0.3 is 4.74 Å². The van der Waals surface area contributed by atoms with E-state index < -0.39 is 0 Å². The van der Waals surface area contributed by atoms with Gasteiger partial charge in [0.1, 0.15) is 0 Å². The molecule has 1 heterocycles. The maximum Gasteiger partial charge on any atom is 0.182 e. The topological polar surface area (TPSA) is 9.23 Å². The van der Waals surface area contributed by atoms with E-state index >= 15 is 0 Å². The van der Waals surface area contributed by atoms with Gasteiger partial charge in [0.05, 0.1) is 11.4 Å². The van der Waals surface area contributed by atoms with Crippen molar-refractivity contribution in [2.24, 2.45) is 0 Å². The largest absolute Gasteiger partial charge is 0.487 e. The second kappa shape index (κ2) is 4.03. The van der Waals surface area contributed by atoms with Crippen LogP contribution in [0.2, 0.25) is 4.34 Å². The molecule has 0 aliphatic heterocycles.